The van der Waals surface area contributed by atoms with Crippen molar-refractivity contribution in [3.8, 4) is 0 Å². The molecule has 0 spiro atoms. The van der Waals surface area contributed by atoms with Crippen molar-refractivity contribution < 1.29 is 8.78 Å². The quantitative estimate of drug-likeness (QED) is 0.570. The third-order valence-electron chi connectivity index (χ3n) is 1.53. The Morgan fingerprint density at radius 1 is 0.846 bits per heavy atom. The van der Waals surface area contributed by atoms with Crippen LogP contribution in [0.4, 0.5) is 8.78 Å². The van der Waals surface area contributed by atoms with Crippen LogP contribution in [0.15, 0.2) is 10.1 Å². The Morgan fingerprint density at radius 2 is 1.23 bits per heavy atom. The monoisotopic (exact) mass is 308 g/mol. The minimum Gasteiger partial charge on any atom is -0.217 e. The van der Waals surface area contributed by atoms with Crippen LogP contribution in [0.5, 0.6) is 0 Å². The maximum Gasteiger partial charge on any atom is 0.274 e. The molecule has 1 aliphatic rings. The van der Waals surface area contributed by atoms with Crippen molar-refractivity contribution in [3.05, 3.63) is 10.1 Å². The van der Waals surface area contributed by atoms with E-state index in [1.54, 1.807) is 0 Å². The van der Waals surface area contributed by atoms with Gasteiger partial charge >= 0.3 is 0 Å². The van der Waals surface area contributed by atoms with Crippen LogP contribution in [0.1, 0.15) is 0 Å². The molecule has 1 aliphatic carbocycles. The van der Waals surface area contributed by atoms with Gasteiger partial charge < -0.3 is 0 Å². The average Bonchev–Trinajstić information content (AvgIpc) is 2.05. The summed E-state index contributed by atoms with van der Waals surface area (Å²) in [6, 6.07) is 0. The highest BCUT2D eigenvalue weighted by atomic mass is 35.5. The molecule has 0 aromatic carbocycles. The van der Waals surface area contributed by atoms with Gasteiger partial charge in [0.2, 0.25) is 4.33 Å². The molecule has 0 heterocycles. The lowest BCUT2D eigenvalue weighted by molar-refractivity contribution is 0.136. The molecular formula is C5Cl6F2. The zero-order chi connectivity index (χ0) is 10.7. The molecule has 0 aromatic heterocycles. The van der Waals surface area contributed by atoms with E-state index in [2.05, 4.69) is 0 Å². The first-order valence-corrected chi connectivity index (χ1v) is 5.03. The fourth-order valence-electron chi connectivity index (χ4n) is 0.749. The van der Waals surface area contributed by atoms with Crippen molar-refractivity contribution in [3.63, 3.8) is 0 Å². The van der Waals surface area contributed by atoms with E-state index in [4.69, 9.17) is 69.6 Å². The van der Waals surface area contributed by atoms with E-state index in [0.29, 0.717) is 0 Å². The second-order valence-electron chi connectivity index (χ2n) is 2.35. The molecule has 0 saturated heterocycles. The van der Waals surface area contributed by atoms with Gasteiger partial charge in [-0.3, -0.25) is 0 Å². The molecule has 0 aromatic rings. The average molecular weight is 311 g/mol. The maximum absolute atomic E-state index is 13.5. The molecule has 0 N–H and O–H groups in total. The van der Waals surface area contributed by atoms with E-state index in [1.807, 2.05) is 0 Å². The molecule has 0 fully saturated rings. The molecule has 1 rings (SSSR count). The summed E-state index contributed by atoms with van der Waals surface area (Å²) in [4.78, 5) is 0. The second kappa shape index (κ2) is 3.16. The van der Waals surface area contributed by atoms with E-state index in [0.717, 1.165) is 0 Å². The number of rotatable bonds is 0. The fourth-order valence-corrected chi connectivity index (χ4v) is 2.49. The van der Waals surface area contributed by atoms with Gasteiger partial charge in [0.1, 0.15) is 0 Å². The highest BCUT2D eigenvalue weighted by Gasteiger charge is 2.73. The maximum atomic E-state index is 13.5. The normalized spacial score (nSPS) is 44.3. The van der Waals surface area contributed by atoms with Crippen molar-refractivity contribution in [1.82, 2.24) is 0 Å². The lowest BCUT2D eigenvalue weighted by Gasteiger charge is -2.29. The van der Waals surface area contributed by atoms with Gasteiger partial charge in [-0.1, -0.05) is 69.6 Å². The van der Waals surface area contributed by atoms with Crippen molar-refractivity contribution in [1.29, 1.82) is 0 Å². The van der Waals surface area contributed by atoms with Gasteiger partial charge in [-0.05, 0) is 0 Å². The van der Waals surface area contributed by atoms with Gasteiger partial charge in [0.05, 0.1) is 10.1 Å². The van der Waals surface area contributed by atoms with Gasteiger partial charge in [0, 0.05) is 0 Å². The predicted octanol–water partition coefficient (Wildman–Crippen LogP) is 4.67. The summed E-state index contributed by atoms with van der Waals surface area (Å²) in [6.45, 7) is 0. The molecule has 1 unspecified atom stereocenters. The molecule has 0 amide bonds. The van der Waals surface area contributed by atoms with E-state index in [1.165, 1.54) is 0 Å². The van der Waals surface area contributed by atoms with Crippen LogP contribution in [0, 0.1) is 0 Å². The van der Waals surface area contributed by atoms with Crippen LogP contribution in [-0.4, -0.2) is 14.6 Å². The minimum absolute atomic E-state index is 0.660. The molecule has 8 heteroatoms. The molecule has 0 radical (unpaired) electrons. The Labute approximate surface area is 103 Å². The highest BCUT2D eigenvalue weighted by molar-refractivity contribution is 6.64. The van der Waals surface area contributed by atoms with Gasteiger partial charge in [0.15, 0.2) is 0 Å². The molecule has 0 bridgehead atoms. The molecule has 0 nitrogen and oxygen atoms in total. The smallest absolute Gasteiger partial charge is 0.217 e. The lowest BCUT2D eigenvalue weighted by atomic mass is 10.2. The Morgan fingerprint density at radius 3 is 1.31 bits per heavy atom. The summed E-state index contributed by atoms with van der Waals surface area (Å²) in [5.74, 6) is 0. The predicted molar refractivity (Wildman–Crippen MR) is 52.6 cm³/mol. The van der Waals surface area contributed by atoms with Crippen molar-refractivity contribution in [2.75, 3.05) is 0 Å². The van der Waals surface area contributed by atoms with Crippen LogP contribution in [0.2, 0.25) is 0 Å². The Bertz CT molecular complexity index is 255. The van der Waals surface area contributed by atoms with Crippen LogP contribution >= 0.6 is 69.6 Å². The van der Waals surface area contributed by atoms with Gasteiger partial charge in [-0.2, -0.15) is 0 Å². The second-order valence-corrected chi connectivity index (χ2v) is 5.48. The highest BCUT2D eigenvalue weighted by Crippen LogP contribution is 2.65. The van der Waals surface area contributed by atoms with Crippen molar-refractivity contribution in [2.24, 2.45) is 0 Å². The van der Waals surface area contributed by atoms with Gasteiger partial charge in [-0.15, -0.1) is 0 Å². The molecule has 0 saturated carbocycles. The molecular weight excluding hydrogens is 311 g/mol. The summed E-state index contributed by atoms with van der Waals surface area (Å²) < 4.78 is 24.3. The first kappa shape index (κ1) is 12.4. The first-order chi connectivity index (χ1) is 5.57. The Hall–Kier alpha value is 1.34. The van der Waals surface area contributed by atoms with E-state index < -0.39 is 24.7 Å². The van der Waals surface area contributed by atoms with Crippen LogP contribution < -0.4 is 0 Å². The number of hydrogen-bond donors (Lipinski definition) is 0. The lowest BCUT2D eigenvalue weighted by Crippen LogP contribution is -2.45. The summed E-state index contributed by atoms with van der Waals surface area (Å²) in [5.41, 5.74) is 0. The molecule has 13 heavy (non-hydrogen) atoms. The van der Waals surface area contributed by atoms with E-state index in [9.17, 15) is 8.78 Å². The summed E-state index contributed by atoms with van der Waals surface area (Å²) in [6.07, 6.45) is 0. The van der Waals surface area contributed by atoms with E-state index in [-0.39, 0.29) is 0 Å². The molecule has 2 atom stereocenters. The van der Waals surface area contributed by atoms with Crippen LogP contribution in [-0.2, 0) is 0 Å². The summed E-state index contributed by atoms with van der Waals surface area (Å²) in [7, 11) is 0. The molecule has 76 valence electrons. The number of hydrogen-bond acceptors (Lipinski definition) is 0. The zero-order valence-electron chi connectivity index (χ0n) is 5.52. The van der Waals surface area contributed by atoms with E-state index >= 15 is 0 Å². The summed E-state index contributed by atoms with van der Waals surface area (Å²) >= 11 is 31.5. The Balaban J connectivity index is 3.39. The van der Waals surface area contributed by atoms with Gasteiger partial charge in [0.25, 0.3) is 10.3 Å². The minimum atomic E-state index is -3.31. The van der Waals surface area contributed by atoms with Crippen LogP contribution in [0.25, 0.3) is 0 Å². The molecule has 0 aliphatic heterocycles. The van der Waals surface area contributed by atoms with Crippen molar-refractivity contribution in [2.45, 2.75) is 14.6 Å². The fraction of sp³-hybridized carbons (Fsp3) is 0.600. The summed E-state index contributed by atoms with van der Waals surface area (Å²) in [5, 5.41) is -8.04. The number of allylic oxidation sites excluding steroid dienone is 2. The van der Waals surface area contributed by atoms with Gasteiger partial charge in [-0.25, -0.2) is 8.78 Å². The third kappa shape index (κ3) is 1.37. The first-order valence-electron chi connectivity index (χ1n) is 2.76. The standard InChI is InChI=1S/C5Cl6F2/c6-1-2(7)4(10,12)5(11,13)3(1,8)9/t4-,5?/m0/s1. The topological polar surface area (TPSA) is 0 Å². The Kier molecular flexibility index (Phi) is 3.02. The number of alkyl halides is 6. The zero-order valence-corrected chi connectivity index (χ0v) is 10.1. The number of halogens is 8. The van der Waals surface area contributed by atoms with Crippen LogP contribution in [0.3, 0.4) is 0 Å². The largest absolute Gasteiger partial charge is 0.274 e. The third-order valence-corrected chi connectivity index (χ3v) is 5.02. The van der Waals surface area contributed by atoms with Crippen molar-refractivity contribution >= 4 is 69.6 Å². The SMILES string of the molecule is FC1(Cl)C(Cl)(Cl)C(Cl)=C(Cl)[C@@]1(F)Cl.